The average Bonchev–Trinajstić information content (AvgIpc) is 3.15. The number of carbonyl (C=O) groups is 1. The molecule has 3 unspecified atom stereocenters. The van der Waals surface area contributed by atoms with E-state index in [-0.39, 0.29) is 5.92 Å². The summed E-state index contributed by atoms with van der Waals surface area (Å²) in [6.45, 7) is 4.02. The van der Waals surface area contributed by atoms with E-state index in [0.717, 1.165) is 24.7 Å². The second-order valence-corrected chi connectivity index (χ2v) is 7.22. The Kier molecular flexibility index (Phi) is 10.3. The summed E-state index contributed by atoms with van der Waals surface area (Å²) in [6, 6.07) is 0. The van der Waals surface area contributed by atoms with Crippen molar-refractivity contribution in [2.75, 3.05) is 0 Å². The van der Waals surface area contributed by atoms with Crippen LogP contribution in [0.2, 0.25) is 0 Å². The number of hydrogen-bond acceptors (Lipinski definition) is 1. The average molecular weight is 309 g/mol. The number of fused-ring (bicyclic) bond motifs is 2. The van der Waals surface area contributed by atoms with E-state index in [1.165, 1.54) is 64.2 Å². The molecule has 0 radical (unpaired) electrons. The second kappa shape index (κ2) is 11.7. The van der Waals surface area contributed by atoms with Crippen molar-refractivity contribution in [1.82, 2.24) is 0 Å². The van der Waals surface area contributed by atoms with E-state index in [1.807, 2.05) is 0 Å². The van der Waals surface area contributed by atoms with E-state index in [1.54, 1.807) is 6.92 Å². The third-order valence-corrected chi connectivity index (χ3v) is 5.08. The molecule has 1 fully saturated rings. The minimum atomic E-state index is -0.655. The highest BCUT2D eigenvalue weighted by atomic mass is 16.4. The summed E-state index contributed by atoms with van der Waals surface area (Å²) >= 11 is 0. The van der Waals surface area contributed by atoms with Gasteiger partial charge in [-0.15, -0.1) is 0 Å². The van der Waals surface area contributed by atoms with E-state index in [4.69, 9.17) is 5.11 Å². The molecule has 2 rings (SSSR count). The Hall–Kier alpha value is -0.790. The minimum absolute atomic E-state index is 0.162. The molecule has 0 aromatic heterocycles. The number of carboxylic acid groups (broad SMARTS) is 1. The Bertz CT molecular complexity index is 310. The zero-order chi connectivity index (χ0) is 16.2. The molecule has 3 atom stereocenters. The molecule has 0 amide bonds. The first-order valence-electron chi connectivity index (χ1n) is 9.54. The molecule has 22 heavy (non-hydrogen) atoms. The maximum absolute atomic E-state index is 10.5. The van der Waals surface area contributed by atoms with Crippen LogP contribution in [-0.4, -0.2) is 11.1 Å². The number of hydrogen-bond donors (Lipinski definition) is 1. The normalized spacial score (nSPS) is 23.2. The first-order valence-corrected chi connectivity index (χ1v) is 9.54. The van der Waals surface area contributed by atoms with Gasteiger partial charge in [0.05, 0.1) is 5.92 Å². The van der Waals surface area contributed by atoms with E-state index in [2.05, 4.69) is 19.1 Å². The molecule has 2 aliphatic carbocycles. The van der Waals surface area contributed by atoms with Gasteiger partial charge in [0, 0.05) is 0 Å². The van der Waals surface area contributed by atoms with Crippen LogP contribution in [0.25, 0.3) is 0 Å². The van der Waals surface area contributed by atoms with Gasteiger partial charge in [-0.2, -0.15) is 0 Å². The standard InChI is InChI=1S/C13H26O2.C7H10/c1-3-4-5-6-7-8-9-10-11-12(2)13(14)15;1-2-7-4-3-6(1)5-7/h12H,3-11H2,1-2H3,(H,14,15);1-2,6-7H,3-5H2. The zero-order valence-electron chi connectivity index (χ0n) is 14.7. The minimum Gasteiger partial charge on any atom is -0.481 e. The molecule has 0 heterocycles. The topological polar surface area (TPSA) is 37.3 Å². The molecular weight excluding hydrogens is 272 g/mol. The summed E-state index contributed by atoms with van der Waals surface area (Å²) in [4.78, 5) is 10.5. The third kappa shape index (κ3) is 8.60. The Morgan fingerprint density at radius 2 is 1.50 bits per heavy atom. The van der Waals surface area contributed by atoms with Gasteiger partial charge in [0.1, 0.15) is 0 Å². The van der Waals surface area contributed by atoms with Crippen LogP contribution < -0.4 is 0 Å². The van der Waals surface area contributed by atoms with Gasteiger partial charge in [-0.05, 0) is 37.5 Å². The van der Waals surface area contributed by atoms with Crippen molar-refractivity contribution in [3.63, 3.8) is 0 Å². The predicted molar refractivity (Wildman–Crippen MR) is 94.0 cm³/mol. The lowest BCUT2D eigenvalue weighted by Gasteiger charge is -2.05. The fraction of sp³-hybridized carbons (Fsp3) is 0.850. The summed E-state index contributed by atoms with van der Waals surface area (Å²) in [5, 5.41) is 8.68. The molecule has 0 spiro atoms. The van der Waals surface area contributed by atoms with Crippen LogP contribution in [0.3, 0.4) is 0 Å². The van der Waals surface area contributed by atoms with Gasteiger partial charge in [0.15, 0.2) is 0 Å². The summed E-state index contributed by atoms with van der Waals surface area (Å²) in [5.74, 6) is 1.16. The highest BCUT2D eigenvalue weighted by Gasteiger charge is 2.25. The predicted octanol–water partition coefficient (Wildman–Crippen LogP) is 6.21. The summed E-state index contributed by atoms with van der Waals surface area (Å²) in [5.41, 5.74) is 0. The largest absolute Gasteiger partial charge is 0.481 e. The Morgan fingerprint density at radius 3 is 1.86 bits per heavy atom. The molecule has 2 bridgehead atoms. The number of rotatable bonds is 10. The molecule has 2 nitrogen and oxygen atoms in total. The first kappa shape index (κ1) is 19.3. The highest BCUT2D eigenvalue weighted by molar-refractivity contribution is 5.69. The van der Waals surface area contributed by atoms with Gasteiger partial charge in [0.25, 0.3) is 0 Å². The molecule has 0 aromatic rings. The van der Waals surface area contributed by atoms with Crippen molar-refractivity contribution in [3.8, 4) is 0 Å². The van der Waals surface area contributed by atoms with Gasteiger partial charge < -0.3 is 5.11 Å². The van der Waals surface area contributed by atoms with Crippen LogP contribution in [0.4, 0.5) is 0 Å². The van der Waals surface area contributed by atoms with Crippen molar-refractivity contribution >= 4 is 5.97 Å². The van der Waals surface area contributed by atoms with Crippen molar-refractivity contribution in [2.45, 2.75) is 90.9 Å². The van der Waals surface area contributed by atoms with E-state index < -0.39 is 5.97 Å². The van der Waals surface area contributed by atoms with Gasteiger partial charge in [-0.1, -0.05) is 77.4 Å². The van der Waals surface area contributed by atoms with Crippen LogP contribution in [-0.2, 0) is 4.79 Å². The Labute approximate surface area is 137 Å². The quantitative estimate of drug-likeness (QED) is 0.385. The van der Waals surface area contributed by atoms with Crippen LogP contribution >= 0.6 is 0 Å². The lowest BCUT2D eigenvalue weighted by Crippen LogP contribution is -2.08. The van der Waals surface area contributed by atoms with Crippen molar-refractivity contribution in [1.29, 1.82) is 0 Å². The highest BCUT2D eigenvalue weighted by Crippen LogP contribution is 2.38. The van der Waals surface area contributed by atoms with Crippen molar-refractivity contribution in [2.24, 2.45) is 17.8 Å². The number of allylic oxidation sites excluding steroid dienone is 2. The molecule has 0 aromatic carbocycles. The molecule has 2 heteroatoms. The first-order chi connectivity index (χ1) is 10.6. The van der Waals surface area contributed by atoms with Crippen LogP contribution in [0.5, 0.6) is 0 Å². The third-order valence-electron chi connectivity index (χ3n) is 5.08. The monoisotopic (exact) mass is 308 g/mol. The summed E-state index contributed by atoms with van der Waals surface area (Å²) < 4.78 is 0. The van der Waals surface area contributed by atoms with Crippen molar-refractivity contribution in [3.05, 3.63) is 12.2 Å². The molecule has 128 valence electrons. The fourth-order valence-electron chi connectivity index (χ4n) is 3.42. The SMILES string of the molecule is C1=CC2CCC1C2.CCCCCCCCCCC(C)C(=O)O. The Morgan fingerprint density at radius 1 is 1.00 bits per heavy atom. The number of unbranched alkanes of at least 4 members (excludes halogenated alkanes) is 7. The van der Waals surface area contributed by atoms with Crippen LogP contribution in [0.15, 0.2) is 12.2 Å². The summed E-state index contributed by atoms with van der Waals surface area (Å²) in [6.07, 6.45) is 20.3. The number of carboxylic acids is 1. The lowest BCUT2D eigenvalue weighted by atomic mass is 10.0. The lowest BCUT2D eigenvalue weighted by molar-refractivity contribution is -0.141. The molecule has 1 N–H and O–H groups in total. The van der Waals surface area contributed by atoms with E-state index >= 15 is 0 Å². The second-order valence-electron chi connectivity index (χ2n) is 7.22. The van der Waals surface area contributed by atoms with Gasteiger partial charge in [0.2, 0.25) is 0 Å². The maximum Gasteiger partial charge on any atom is 0.306 e. The molecule has 2 aliphatic rings. The van der Waals surface area contributed by atoms with Crippen molar-refractivity contribution < 1.29 is 9.90 Å². The number of aliphatic carboxylic acids is 1. The maximum atomic E-state index is 10.5. The van der Waals surface area contributed by atoms with Gasteiger partial charge in [-0.3, -0.25) is 4.79 Å². The molecule has 0 aliphatic heterocycles. The van der Waals surface area contributed by atoms with E-state index in [9.17, 15) is 4.79 Å². The smallest absolute Gasteiger partial charge is 0.306 e. The van der Waals surface area contributed by atoms with Crippen LogP contribution in [0, 0.1) is 17.8 Å². The van der Waals surface area contributed by atoms with E-state index in [0.29, 0.717) is 0 Å². The molecule has 0 saturated heterocycles. The van der Waals surface area contributed by atoms with Crippen LogP contribution in [0.1, 0.15) is 90.9 Å². The zero-order valence-corrected chi connectivity index (χ0v) is 14.7. The molecular formula is C20H36O2. The molecule has 1 saturated carbocycles. The fourth-order valence-corrected chi connectivity index (χ4v) is 3.42. The Balaban J connectivity index is 0.000000279. The van der Waals surface area contributed by atoms with Gasteiger partial charge in [-0.25, -0.2) is 0 Å². The van der Waals surface area contributed by atoms with Gasteiger partial charge >= 0.3 is 5.97 Å². The summed E-state index contributed by atoms with van der Waals surface area (Å²) in [7, 11) is 0.